The fourth-order valence-corrected chi connectivity index (χ4v) is 3.10. The summed E-state index contributed by atoms with van der Waals surface area (Å²) in [6.45, 7) is 9.63. The molecule has 1 rings (SSSR count). The molecule has 0 spiro atoms. The van der Waals surface area contributed by atoms with Crippen molar-refractivity contribution in [3.05, 3.63) is 36.5 Å². The predicted octanol–water partition coefficient (Wildman–Crippen LogP) is 3.85. The van der Waals surface area contributed by atoms with Gasteiger partial charge in [0.15, 0.2) is 5.78 Å². The van der Waals surface area contributed by atoms with E-state index in [0.29, 0.717) is 12.8 Å². The van der Waals surface area contributed by atoms with E-state index in [-0.39, 0.29) is 41.5 Å². The number of rotatable bonds is 1. The maximum atomic E-state index is 12.2. The molecule has 0 aromatic heterocycles. The van der Waals surface area contributed by atoms with E-state index in [9.17, 15) is 14.7 Å². The van der Waals surface area contributed by atoms with E-state index in [4.69, 9.17) is 4.74 Å². The number of aliphatic hydroxyl groups is 1. The van der Waals surface area contributed by atoms with Gasteiger partial charge in [-0.15, -0.1) is 0 Å². The summed E-state index contributed by atoms with van der Waals surface area (Å²) < 4.78 is 5.51. The Morgan fingerprint density at radius 1 is 1.04 bits per heavy atom. The van der Waals surface area contributed by atoms with Crippen LogP contribution < -0.4 is 0 Å². The number of carbonyl (C=O) groups excluding carboxylic acids is 2. The lowest BCUT2D eigenvalue weighted by Crippen LogP contribution is -2.28. The summed E-state index contributed by atoms with van der Waals surface area (Å²) >= 11 is 0. The molecule has 0 saturated carbocycles. The van der Waals surface area contributed by atoms with E-state index < -0.39 is 6.10 Å². The number of allylic oxidation sites excluding steroid dienone is 3. The number of hydrogen-bond acceptors (Lipinski definition) is 4. The normalized spacial score (nSPS) is 35.6. The molecule has 0 bridgehead atoms. The average Bonchev–Trinajstić information content (AvgIpc) is 2.58. The molecule has 1 aliphatic rings. The van der Waals surface area contributed by atoms with Crippen molar-refractivity contribution < 1.29 is 19.4 Å². The van der Waals surface area contributed by atoms with Gasteiger partial charge in [0.25, 0.3) is 0 Å². The molecule has 1 aliphatic heterocycles. The van der Waals surface area contributed by atoms with Gasteiger partial charge in [0.05, 0.1) is 6.10 Å². The molecule has 140 valence electrons. The van der Waals surface area contributed by atoms with Gasteiger partial charge in [-0.05, 0) is 24.8 Å². The molecule has 0 radical (unpaired) electrons. The van der Waals surface area contributed by atoms with Gasteiger partial charge in [0, 0.05) is 23.8 Å². The lowest BCUT2D eigenvalue weighted by atomic mass is 9.85. The largest absolute Gasteiger partial charge is 0.459 e. The maximum absolute atomic E-state index is 12.2. The summed E-state index contributed by atoms with van der Waals surface area (Å²) in [7, 11) is 0. The van der Waals surface area contributed by atoms with Gasteiger partial charge >= 0.3 is 5.97 Å². The lowest BCUT2D eigenvalue weighted by molar-refractivity contribution is -0.144. The molecule has 6 unspecified atom stereocenters. The van der Waals surface area contributed by atoms with Crippen molar-refractivity contribution >= 4 is 11.8 Å². The first-order valence-electron chi connectivity index (χ1n) is 9.21. The highest BCUT2D eigenvalue weighted by Crippen LogP contribution is 2.22. The Bertz CT molecular complexity index is 532. The van der Waals surface area contributed by atoms with Crippen LogP contribution in [0, 0.1) is 23.7 Å². The highest BCUT2D eigenvalue weighted by molar-refractivity contribution is 5.91. The zero-order valence-electron chi connectivity index (χ0n) is 16.0. The van der Waals surface area contributed by atoms with Crippen molar-refractivity contribution in [3.63, 3.8) is 0 Å². The van der Waals surface area contributed by atoms with Crippen LogP contribution in [-0.2, 0) is 14.3 Å². The van der Waals surface area contributed by atoms with Crippen LogP contribution in [0.4, 0.5) is 0 Å². The Labute approximate surface area is 151 Å². The van der Waals surface area contributed by atoms with E-state index >= 15 is 0 Å². The van der Waals surface area contributed by atoms with Gasteiger partial charge < -0.3 is 9.84 Å². The third-order valence-electron chi connectivity index (χ3n) is 4.91. The summed E-state index contributed by atoms with van der Waals surface area (Å²) in [4.78, 5) is 24.2. The summed E-state index contributed by atoms with van der Waals surface area (Å²) in [5.41, 5.74) is 0. The molecular formula is C21H32O4. The number of ether oxygens (including phenoxy) is 1. The standard InChI is InChI=1S/C21H32O4/c1-6-19-14(2)9-7-8-10-18(22)16(4)13-17(5)21(24)15(3)11-12-20(23)25-19/h7-12,14-17,19,21,24H,6,13H2,1-5H3. The Morgan fingerprint density at radius 3 is 2.36 bits per heavy atom. The summed E-state index contributed by atoms with van der Waals surface area (Å²) in [5.74, 6) is -0.657. The van der Waals surface area contributed by atoms with Gasteiger partial charge in [0.2, 0.25) is 0 Å². The minimum atomic E-state index is -0.614. The fourth-order valence-electron chi connectivity index (χ4n) is 3.10. The molecule has 1 heterocycles. The minimum Gasteiger partial charge on any atom is -0.459 e. The zero-order valence-corrected chi connectivity index (χ0v) is 16.0. The van der Waals surface area contributed by atoms with Crippen molar-refractivity contribution in [2.45, 2.75) is 59.7 Å². The third kappa shape index (κ3) is 6.99. The van der Waals surface area contributed by atoms with Gasteiger partial charge in [-0.2, -0.15) is 0 Å². The third-order valence-corrected chi connectivity index (χ3v) is 4.91. The average molecular weight is 348 g/mol. The number of carbonyl (C=O) groups is 2. The van der Waals surface area contributed by atoms with Crippen LogP contribution in [0.3, 0.4) is 0 Å². The van der Waals surface area contributed by atoms with Crippen molar-refractivity contribution in [2.24, 2.45) is 23.7 Å². The van der Waals surface area contributed by atoms with Crippen molar-refractivity contribution in [2.75, 3.05) is 0 Å². The van der Waals surface area contributed by atoms with E-state index in [2.05, 4.69) is 0 Å². The smallest absolute Gasteiger partial charge is 0.330 e. The number of cyclic esters (lactones) is 1. The predicted molar refractivity (Wildman–Crippen MR) is 99.9 cm³/mol. The van der Waals surface area contributed by atoms with E-state index in [1.54, 1.807) is 18.2 Å². The van der Waals surface area contributed by atoms with Crippen LogP contribution in [0.15, 0.2) is 36.5 Å². The SMILES string of the molecule is CCC1OC(=O)C=CC(C)C(O)C(C)CC(C)C(=O)C=CC=CC1C. The van der Waals surface area contributed by atoms with Gasteiger partial charge in [-0.3, -0.25) is 4.79 Å². The summed E-state index contributed by atoms with van der Waals surface area (Å²) in [5, 5.41) is 10.4. The quantitative estimate of drug-likeness (QED) is 0.731. The first-order chi connectivity index (χ1) is 11.8. The van der Waals surface area contributed by atoms with Crippen molar-refractivity contribution in [1.29, 1.82) is 0 Å². The number of aliphatic hydroxyl groups excluding tert-OH is 1. The number of ketones is 1. The lowest BCUT2D eigenvalue weighted by Gasteiger charge is -2.25. The molecule has 1 N–H and O–H groups in total. The molecule has 0 fully saturated rings. The molecule has 6 atom stereocenters. The van der Waals surface area contributed by atoms with Gasteiger partial charge in [0.1, 0.15) is 6.10 Å². The molecule has 0 aromatic rings. The fraction of sp³-hybridized carbons (Fsp3) is 0.619. The second-order valence-electron chi connectivity index (χ2n) is 7.21. The van der Waals surface area contributed by atoms with Crippen LogP contribution in [-0.4, -0.2) is 29.1 Å². The van der Waals surface area contributed by atoms with E-state index in [1.165, 1.54) is 6.08 Å². The van der Waals surface area contributed by atoms with Crippen LogP contribution in [0.1, 0.15) is 47.5 Å². The zero-order chi connectivity index (χ0) is 19.0. The Balaban J connectivity index is 3.03. The van der Waals surface area contributed by atoms with Gasteiger partial charge in [-0.25, -0.2) is 4.79 Å². The number of esters is 1. The monoisotopic (exact) mass is 348 g/mol. The molecule has 0 amide bonds. The number of hydrogen-bond donors (Lipinski definition) is 1. The molecular weight excluding hydrogens is 316 g/mol. The first-order valence-corrected chi connectivity index (χ1v) is 9.21. The second-order valence-corrected chi connectivity index (χ2v) is 7.21. The molecule has 25 heavy (non-hydrogen) atoms. The minimum absolute atomic E-state index is 0.0464. The molecule has 4 heteroatoms. The van der Waals surface area contributed by atoms with E-state index in [0.717, 1.165) is 0 Å². The Hall–Kier alpha value is -1.68. The Morgan fingerprint density at radius 2 is 1.72 bits per heavy atom. The summed E-state index contributed by atoms with van der Waals surface area (Å²) in [6.07, 6.45) is 10.7. The van der Waals surface area contributed by atoms with Gasteiger partial charge in [-0.1, -0.05) is 58.9 Å². The van der Waals surface area contributed by atoms with Crippen LogP contribution in [0.2, 0.25) is 0 Å². The van der Waals surface area contributed by atoms with Crippen molar-refractivity contribution in [1.82, 2.24) is 0 Å². The van der Waals surface area contributed by atoms with E-state index in [1.807, 2.05) is 46.8 Å². The molecule has 0 aliphatic carbocycles. The highest BCUT2D eigenvalue weighted by atomic mass is 16.5. The first kappa shape index (κ1) is 21.4. The summed E-state index contributed by atoms with van der Waals surface area (Å²) in [6, 6.07) is 0. The Kier molecular flexibility index (Phi) is 8.84. The molecule has 0 saturated heterocycles. The molecule has 0 aromatic carbocycles. The maximum Gasteiger partial charge on any atom is 0.330 e. The second kappa shape index (κ2) is 10.3. The van der Waals surface area contributed by atoms with Crippen LogP contribution >= 0.6 is 0 Å². The van der Waals surface area contributed by atoms with Crippen LogP contribution in [0.5, 0.6) is 0 Å². The topological polar surface area (TPSA) is 63.6 Å². The highest BCUT2D eigenvalue weighted by Gasteiger charge is 2.24. The molecule has 4 nitrogen and oxygen atoms in total. The van der Waals surface area contributed by atoms with Crippen molar-refractivity contribution in [3.8, 4) is 0 Å². The van der Waals surface area contributed by atoms with Crippen LogP contribution in [0.25, 0.3) is 0 Å².